The molecule has 0 N–H and O–H groups in total. The van der Waals surface area contributed by atoms with E-state index in [-0.39, 0.29) is 25.2 Å². The van der Waals surface area contributed by atoms with Gasteiger partial charge in [0.2, 0.25) is 0 Å². The van der Waals surface area contributed by atoms with Crippen LogP contribution < -0.4 is 0 Å². The molecule has 5 nitrogen and oxygen atoms in total. The van der Waals surface area contributed by atoms with E-state index in [0.717, 1.165) is 0 Å². The van der Waals surface area contributed by atoms with Crippen LogP contribution in [0.2, 0.25) is 0 Å². The lowest BCUT2D eigenvalue weighted by atomic mass is 9.80. The fraction of sp³-hybridized carbons (Fsp3) is 0.875. The molecule has 0 spiro atoms. The molecule has 0 aliphatic carbocycles. The van der Waals surface area contributed by atoms with Crippen LogP contribution in [0.3, 0.4) is 0 Å². The Morgan fingerprint density at radius 2 is 1.33 bits per heavy atom. The molecule has 0 saturated heterocycles. The maximum Gasteiger partial charge on any atom is 0.323 e. The van der Waals surface area contributed by atoms with Gasteiger partial charge >= 0.3 is 11.9 Å². The van der Waals surface area contributed by atoms with Gasteiger partial charge < -0.3 is 14.2 Å². The maximum absolute atomic E-state index is 12.3. The number of esters is 2. The standard InChI is InChI=1S/C16H30O5/c1-7-10-16(13(17)19-8-2,14(18)20-9-3)11-12-21-15(4,5)6/h7-12H2,1-6H3. The summed E-state index contributed by atoms with van der Waals surface area (Å²) in [6.45, 7) is 12.0. The van der Waals surface area contributed by atoms with Crippen molar-refractivity contribution >= 4 is 11.9 Å². The van der Waals surface area contributed by atoms with Crippen LogP contribution in [0.5, 0.6) is 0 Å². The fourth-order valence-corrected chi connectivity index (χ4v) is 2.11. The molecule has 0 saturated carbocycles. The zero-order valence-corrected chi connectivity index (χ0v) is 14.3. The largest absolute Gasteiger partial charge is 0.465 e. The third-order valence-corrected chi connectivity index (χ3v) is 3.07. The minimum Gasteiger partial charge on any atom is -0.465 e. The Hall–Kier alpha value is -1.10. The average Bonchev–Trinajstić information content (AvgIpc) is 2.36. The second-order valence-electron chi connectivity index (χ2n) is 5.98. The molecule has 0 aliphatic heterocycles. The molecule has 0 unspecified atom stereocenters. The van der Waals surface area contributed by atoms with E-state index in [9.17, 15) is 9.59 Å². The van der Waals surface area contributed by atoms with Crippen molar-refractivity contribution < 1.29 is 23.8 Å². The van der Waals surface area contributed by atoms with Crippen molar-refractivity contribution in [2.45, 2.75) is 66.4 Å². The summed E-state index contributed by atoms with van der Waals surface area (Å²) in [6, 6.07) is 0. The van der Waals surface area contributed by atoms with Crippen molar-refractivity contribution in [3.63, 3.8) is 0 Å². The van der Waals surface area contributed by atoms with Crippen molar-refractivity contribution in [2.75, 3.05) is 19.8 Å². The lowest BCUT2D eigenvalue weighted by molar-refractivity contribution is -0.175. The minimum atomic E-state index is -1.26. The molecule has 0 bridgehead atoms. The maximum atomic E-state index is 12.3. The summed E-state index contributed by atoms with van der Waals surface area (Å²) >= 11 is 0. The van der Waals surface area contributed by atoms with Crippen LogP contribution in [-0.2, 0) is 23.8 Å². The molecular weight excluding hydrogens is 272 g/mol. The monoisotopic (exact) mass is 302 g/mol. The lowest BCUT2D eigenvalue weighted by Crippen LogP contribution is -2.43. The van der Waals surface area contributed by atoms with E-state index in [4.69, 9.17) is 14.2 Å². The van der Waals surface area contributed by atoms with Gasteiger partial charge in [0.05, 0.1) is 18.8 Å². The second-order valence-corrected chi connectivity index (χ2v) is 5.98. The Bertz CT molecular complexity index is 312. The Balaban J connectivity index is 5.17. The number of rotatable bonds is 9. The third-order valence-electron chi connectivity index (χ3n) is 3.07. The quantitative estimate of drug-likeness (QED) is 0.484. The molecule has 0 rings (SSSR count). The SMILES string of the molecule is CCCC(CCOC(C)(C)C)(C(=O)OCC)C(=O)OCC. The smallest absolute Gasteiger partial charge is 0.323 e. The highest BCUT2D eigenvalue weighted by molar-refractivity contribution is 6.00. The molecule has 5 heteroatoms. The summed E-state index contributed by atoms with van der Waals surface area (Å²) in [4.78, 5) is 24.7. The van der Waals surface area contributed by atoms with Crippen molar-refractivity contribution in [1.29, 1.82) is 0 Å². The molecule has 0 aromatic carbocycles. The van der Waals surface area contributed by atoms with Gasteiger partial charge in [-0.3, -0.25) is 9.59 Å². The van der Waals surface area contributed by atoms with Crippen molar-refractivity contribution in [2.24, 2.45) is 5.41 Å². The van der Waals surface area contributed by atoms with E-state index < -0.39 is 17.4 Å². The van der Waals surface area contributed by atoms with E-state index >= 15 is 0 Å². The van der Waals surface area contributed by atoms with E-state index in [1.54, 1.807) is 13.8 Å². The van der Waals surface area contributed by atoms with Crippen molar-refractivity contribution in [1.82, 2.24) is 0 Å². The molecule has 0 heterocycles. The van der Waals surface area contributed by atoms with Crippen LogP contribution in [0.4, 0.5) is 0 Å². The topological polar surface area (TPSA) is 61.8 Å². The van der Waals surface area contributed by atoms with E-state index in [1.807, 2.05) is 27.7 Å². The van der Waals surface area contributed by atoms with Crippen LogP contribution in [0.1, 0.15) is 60.8 Å². The molecule has 0 aliphatic rings. The summed E-state index contributed by atoms with van der Waals surface area (Å²) in [5.41, 5.74) is -1.58. The summed E-state index contributed by atoms with van der Waals surface area (Å²) in [5, 5.41) is 0. The number of hydrogen-bond donors (Lipinski definition) is 0. The molecule has 0 radical (unpaired) electrons. The van der Waals surface area contributed by atoms with Gasteiger partial charge in [0, 0.05) is 6.61 Å². The Kier molecular flexibility index (Phi) is 8.55. The summed E-state index contributed by atoms with van der Waals surface area (Å²) in [5.74, 6) is -1.02. The van der Waals surface area contributed by atoms with Gasteiger partial charge in [0.1, 0.15) is 0 Å². The normalized spacial score (nSPS) is 12.1. The number of ether oxygens (including phenoxy) is 3. The molecule has 0 aromatic rings. The van der Waals surface area contributed by atoms with E-state index in [2.05, 4.69) is 0 Å². The molecule has 124 valence electrons. The van der Waals surface area contributed by atoms with Gasteiger partial charge in [-0.05, 0) is 47.5 Å². The molecule has 0 amide bonds. The van der Waals surface area contributed by atoms with E-state index in [0.29, 0.717) is 19.4 Å². The highest BCUT2D eigenvalue weighted by atomic mass is 16.6. The molecule has 0 atom stereocenters. The number of hydrogen-bond acceptors (Lipinski definition) is 5. The summed E-state index contributed by atoms with van der Waals surface area (Å²) < 4.78 is 15.9. The van der Waals surface area contributed by atoms with Crippen LogP contribution in [-0.4, -0.2) is 37.4 Å². The fourth-order valence-electron chi connectivity index (χ4n) is 2.11. The first-order valence-electron chi connectivity index (χ1n) is 7.72. The first-order chi connectivity index (χ1) is 9.73. The predicted octanol–water partition coefficient (Wildman–Crippen LogP) is 3.10. The van der Waals surface area contributed by atoms with E-state index in [1.165, 1.54) is 0 Å². The van der Waals surface area contributed by atoms with Gasteiger partial charge in [-0.2, -0.15) is 0 Å². The molecule has 21 heavy (non-hydrogen) atoms. The first kappa shape index (κ1) is 19.9. The highest BCUT2D eigenvalue weighted by Crippen LogP contribution is 2.32. The molecule has 0 fully saturated rings. The molecule has 0 aromatic heterocycles. The van der Waals surface area contributed by atoms with Gasteiger partial charge in [0.15, 0.2) is 5.41 Å². The predicted molar refractivity (Wildman–Crippen MR) is 80.9 cm³/mol. The summed E-state index contributed by atoms with van der Waals surface area (Å²) in [6.07, 6.45) is 1.36. The Morgan fingerprint density at radius 1 is 0.857 bits per heavy atom. The van der Waals surface area contributed by atoms with Gasteiger partial charge in [-0.1, -0.05) is 13.3 Å². The minimum absolute atomic E-state index is 0.240. The van der Waals surface area contributed by atoms with Crippen LogP contribution in [0, 0.1) is 5.41 Å². The highest BCUT2D eigenvalue weighted by Gasteiger charge is 2.47. The van der Waals surface area contributed by atoms with Crippen LogP contribution in [0.15, 0.2) is 0 Å². The zero-order valence-electron chi connectivity index (χ0n) is 14.3. The number of carbonyl (C=O) groups excluding carboxylic acids is 2. The van der Waals surface area contributed by atoms with Crippen LogP contribution in [0.25, 0.3) is 0 Å². The van der Waals surface area contributed by atoms with Gasteiger partial charge in [-0.15, -0.1) is 0 Å². The van der Waals surface area contributed by atoms with Crippen molar-refractivity contribution in [3.8, 4) is 0 Å². The first-order valence-corrected chi connectivity index (χ1v) is 7.72. The van der Waals surface area contributed by atoms with Gasteiger partial charge in [-0.25, -0.2) is 0 Å². The second kappa shape index (κ2) is 9.03. The average molecular weight is 302 g/mol. The lowest BCUT2D eigenvalue weighted by Gasteiger charge is -2.30. The van der Waals surface area contributed by atoms with Crippen LogP contribution >= 0.6 is 0 Å². The number of carbonyl (C=O) groups is 2. The molecular formula is C16H30O5. The third kappa shape index (κ3) is 6.46. The zero-order chi connectivity index (χ0) is 16.5. The Morgan fingerprint density at radius 3 is 1.67 bits per heavy atom. The van der Waals surface area contributed by atoms with Gasteiger partial charge in [0.25, 0.3) is 0 Å². The van der Waals surface area contributed by atoms with Crippen molar-refractivity contribution in [3.05, 3.63) is 0 Å². The summed E-state index contributed by atoms with van der Waals surface area (Å²) in [7, 11) is 0. The Labute approximate surface area is 128 Å².